The van der Waals surface area contributed by atoms with Gasteiger partial charge in [-0.3, -0.25) is 19.1 Å². The summed E-state index contributed by atoms with van der Waals surface area (Å²) in [6.07, 6.45) is 3.37. The van der Waals surface area contributed by atoms with Crippen molar-refractivity contribution in [1.29, 1.82) is 0 Å². The van der Waals surface area contributed by atoms with Crippen molar-refractivity contribution < 1.29 is 4.79 Å². The van der Waals surface area contributed by atoms with E-state index in [1.54, 1.807) is 6.20 Å². The molecule has 0 aliphatic carbocycles. The number of benzene rings is 2. The Kier molecular flexibility index (Phi) is 5.25. The molecule has 0 aliphatic heterocycles. The van der Waals surface area contributed by atoms with Gasteiger partial charge in [0.1, 0.15) is 4.83 Å². The highest BCUT2D eigenvalue weighted by Crippen LogP contribution is 2.30. The highest BCUT2D eigenvalue weighted by atomic mass is 32.1. The number of hydrogen-bond acceptors (Lipinski definition) is 5. The zero-order chi connectivity index (χ0) is 22.1. The predicted octanol–water partition coefficient (Wildman–Crippen LogP) is 5.01. The van der Waals surface area contributed by atoms with E-state index in [0.29, 0.717) is 15.9 Å². The summed E-state index contributed by atoms with van der Waals surface area (Å²) in [6, 6.07) is 17.5. The van der Waals surface area contributed by atoms with E-state index < -0.39 is 0 Å². The number of rotatable bonds is 5. The molecule has 1 N–H and O–H groups in total. The third kappa shape index (κ3) is 3.78. The van der Waals surface area contributed by atoms with Gasteiger partial charge in [0.2, 0.25) is 5.91 Å². The van der Waals surface area contributed by atoms with E-state index in [-0.39, 0.29) is 24.4 Å². The van der Waals surface area contributed by atoms with Crippen LogP contribution in [0.1, 0.15) is 12.0 Å². The minimum atomic E-state index is -0.181. The molecule has 5 aromatic rings. The average molecular weight is 441 g/mol. The second-order valence-electron chi connectivity index (χ2n) is 7.62. The minimum absolute atomic E-state index is 0.133. The first-order valence-electron chi connectivity index (χ1n) is 10.3. The lowest BCUT2D eigenvalue weighted by Gasteiger charge is -2.09. The molecule has 7 heteroatoms. The van der Waals surface area contributed by atoms with E-state index in [4.69, 9.17) is 0 Å². The minimum Gasteiger partial charge on any atom is -0.324 e. The maximum atomic E-state index is 13.2. The summed E-state index contributed by atoms with van der Waals surface area (Å²) in [5, 5.41) is 6.43. The molecule has 6 nitrogen and oxygen atoms in total. The van der Waals surface area contributed by atoms with Crippen molar-refractivity contribution >= 4 is 44.1 Å². The molecular formula is C25H20N4O2S. The summed E-state index contributed by atoms with van der Waals surface area (Å²) in [5.41, 5.74) is 4.30. The van der Waals surface area contributed by atoms with Crippen molar-refractivity contribution in [3.63, 3.8) is 0 Å². The summed E-state index contributed by atoms with van der Waals surface area (Å²) in [5.74, 6) is -0.181. The summed E-state index contributed by atoms with van der Waals surface area (Å²) < 4.78 is 1.51. The second-order valence-corrected chi connectivity index (χ2v) is 8.48. The number of para-hydroxylation sites is 1. The normalized spacial score (nSPS) is 11.2. The summed E-state index contributed by atoms with van der Waals surface area (Å²) in [6.45, 7) is 2.28. The Balaban J connectivity index is 1.38. The fraction of sp³-hybridized carbons (Fsp3) is 0.120. The Morgan fingerprint density at radius 2 is 1.88 bits per heavy atom. The van der Waals surface area contributed by atoms with Crippen LogP contribution in [0.5, 0.6) is 0 Å². The summed E-state index contributed by atoms with van der Waals surface area (Å²) >= 11 is 1.45. The second kappa shape index (κ2) is 8.36. The van der Waals surface area contributed by atoms with E-state index in [1.807, 2.05) is 66.9 Å². The van der Waals surface area contributed by atoms with Crippen molar-refractivity contribution in [1.82, 2.24) is 14.5 Å². The maximum absolute atomic E-state index is 13.2. The molecule has 158 valence electrons. The van der Waals surface area contributed by atoms with Crippen molar-refractivity contribution in [2.75, 3.05) is 5.32 Å². The smallest absolute Gasteiger partial charge is 0.262 e. The molecule has 2 aromatic carbocycles. The Morgan fingerprint density at radius 3 is 2.72 bits per heavy atom. The molecule has 0 fully saturated rings. The number of thiophene rings is 1. The molecule has 0 spiro atoms. The van der Waals surface area contributed by atoms with E-state index in [9.17, 15) is 9.59 Å². The molecule has 0 saturated carbocycles. The zero-order valence-electron chi connectivity index (χ0n) is 17.4. The van der Waals surface area contributed by atoms with Gasteiger partial charge < -0.3 is 5.32 Å². The Morgan fingerprint density at radius 1 is 1.06 bits per heavy atom. The van der Waals surface area contributed by atoms with Crippen LogP contribution in [0.15, 0.2) is 77.3 Å². The monoisotopic (exact) mass is 440 g/mol. The number of carbonyl (C=O) groups is 1. The highest BCUT2D eigenvalue weighted by molar-refractivity contribution is 7.17. The van der Waals surface area contributed by atoms with Gasteiger partial charge in [-0.2, -0.15) is 0 Å². The Hall–Kier alpha value is -3.84. The van der Waals surface area contributed by atoms with Gasteiger partial charge >= 0.3 is 0 Å². The van der Waals surface area contributed by atoms with Gasteiger partial charge in [0, 0.05) is 35.5 Å². The molecule has 0 bridgehead atoms. The molecule has 0 saturated heterocycles. The van der Waals surface area contributed by atoms with Crippen LogP contribution in [0.2, 0.25) is 0 Å². The first kappa shape index (κ1) is 20.1. The van der Waals surface area contributed by atoms with Crippen LogP contribution in [0.3, 0.4) is 0 Å². The van der Waals surface area contributed by atoms with Crippen LogP contribution < -0.4 is 10.9 Å². The van der Waals surface area contributed by atoms with Gasteiger partial charge in [0.25, 0.3) is 5.56 Å². The molecule has 0 radical (unpaired) electrons. The number of amides is 1. The Bertz CT molecular complexity index is 1500. The number of nitrogens with zero attached hydrogens (tertiary/aromatic N) is 3. The first-order chi connectivity index (χ1) is 15.6. The van der Waals surface area contributed by atoms with Gasteiger partial charge in [-0.1, -0.05) is 48.0 Å². The molecule has 1 amide bonds. The van der Waals surface area contributed by atoms with E-state index in [0.717, 1.165) is 27.6 Å². The van der Waals surface area contributed by atoms with Crippen LogP contribution in [-0.4, -0.2) is 20.4 Å². The third-order valence-electron chi connectivity index (χ3n) is 5.41. The lowest BCUT2D eigenvalue weighted by molar-refractivity contribution is -0.116. The van der Waals surface area contributed by atoms with Crippen molar-refractivity contribution in [2.45, 2.75) is 19.9 Å². The van der Waals surface area contributed by atoms with Crippen LogP contribution >= 0.6 is 11.3 Å². The lowest BCUT2D eigenvalue weighted by atomic mass is 10.1. The number of aryl methyl sites for hydroxylation is 2. The lowest BCUT2D eigenvalue weighted by Crippen LogP contribution is -2.23. The highest BCUT2D eigenvalue weighted by Gasteiger charge is 2.14. The van der Waals surface area contributed by atoms with Gasteiger partial charge in [0.05, 0.1) is 22.9 Å². The third-order valence-corrected chi connectivity index (χ3v) is 6.30. The largest absolute Gasteiger partial charge is 0.324 e. The van der Waals surface area contributed by atoms with Crippen molar-refractivity contribution in [2.24, 2.45) is 0 Å². The SMILES string of the molecule is Cc1ccc(-c2csc3ncn(CCC(=O)Nc4cccc5cccnc45)c(=O)c23)cc1. The van der Waals surface area contributed by atoms with E-state index in [2.05, 4.69) is 15.3 Å². The van der Waals surface area contributed by atoms with E-state index in [1.165, 1.54) is 22.2 Å². The number of anilines is 1. The fourth-order valence-electron chi connectivity index (χ4n) is 3.71. The van der Waals surface area contributed by atoms with Crippen LogP contribution in [0.4, 0.5) is 5.69 Å². The predicted molar refractivity (Wildman–Crippen MR) is 129 cm³/mol. The number of carbonyl (C=O) groups excluding carboxylic acids is 1. The maximum Gasteiger partial charge on any atom is 0.262 e. The Labute approximate surface area is 188 Å². The van der Waals surface area contributed by atoms with Gasteiger partial charge in [0.15, 0.2) is 0 Å². The van der Waals surface area contributed by atoms with Gasteiger partial charge in [-0.15, -0.1) is 11.3 Å². The van der Waals surface area contributed by atoms with Crippen molar-refractivity contribution in [3.8, 4) is 11.1 Å². The topological polar surface area (TPSA) is 76.9 Å². The van der Waals surface area contributed by atoms with Crippen molar-refractivity contribution in [3.05, 3.63) is 88.4 Å². The quantitative estimate of drug-likeness (QED) is 0.417. The number of hydrogen-bond donors (Lipinski definition) is 1. The molecular weight excluding hydrogens is 420 g/mol. The van der Waals surface area contributed by atoms with Crippen LogP contribution in [0, 0.1) is 6.92 Å². The zero-order valence-corrected chi connectivity index (χ0v) is 18.2. The summed E-state index contributed by atoms with van der Waals surface area (Å²) in [4.78, 5) is 35.3. The van der Waals surface area contributed by atoms with E-state index >= 15 is 0 Å². The fourth-order valence-corrected chi connectivity index (χ4v) is 4.62. The number of nitrogens with one attached hydrogen (secondary N) is 1. The number of pyridine rings is 1. The van der Waals surface area contributed by atoms with Crippen LogP contribution in [-0.2, 0) is 11.3 Å². The average Bonchev–Trinajstić information content (AvgIpc) is 3.24. The van der Waals surface area contributed by atoms with Gasteiger partial charge in [-0.25, -0.2) is 4.98 Å². The number of aromatic nitrogens is 3. The van der Waals surface area contributed by atoms with Crippen LogP contribution in [0.25, 0.3) is 32.2 Å². The standard InChI is InChI=1S/C25H20N4O2S/c1-16-7-9-17(10-8-16)19-14-32-24-22(19)25(31)29(15-27-24)13-11-21(30)28-20-6-2-4-18-5-3-12-26-23(18)20/h2-10,12,14-15H,11,13H2,1H3,(H,28,30). The first-order valence-corrected chi connectivity index (χ1v) is 11.2. The molecule has 32 heavy (non-hydrogen) atoms. The molecule has 0 aliphatic rings. The number of fused-ring (bicyclic) bond motifs is 2. The summed E-state index contributed by atoms with van der Waals surface area (Å²) in [7, 11) is 0. The molecule has 3 aromatic heterocycles. The van der Waals surface area contributed by atoms with Gasteiger partial charge in [-0.05, 0) is 24.6 Å². The molecule has 0 atom stereocenters. The molecule has 5 rings (SSSR count). The molecule has 3 heterocycles. The molecule has 0 unspecified atom stereocenters.